The molecule has 0 radical (unpaired) electrons. The van der Waals surface area contributed by atoms with Crippen LogP contribution in [-0.4, -0.2) is 31.2 Å². The molecule has 1 atom stereocenters. The molecule has 0 aromatic carbocycles. The fourth-order valence-electron chi connectivity index (χ4n) is 1.03. The van der Waals surface area contributed by atoms with E-state index < -0.39 is 10.1 Å². The number of rotatable bonds is 6. The van der Waals surface area contributed by atoms with Crippen LogP contribution in [0.4, 0.5) is 0 Å². The molecule has 0 rings (SSSR count). The Labute approximate surface area is 90.3 Å². The lowest BCUT2D eigenvalue weighted by atomic mass is 10.1. The van der Waals surface area contributed by atoms with Crippen molar-refractivity contribution >= 4 is 16.0 Å². The van der Waals surface area contributed by atoms with Gasteiger partial charge in [0.1, 0.15) is 0 Å². The summed E-state index contributed by atoms with van der Waals surface area (Å²) in [4.78, 5) is 11.0. The zero-order valence-electron chi connectivity index (χ0n) is 8.99. The number of carbonyl (C=O) groups is 1. The molecule has 6 heteroatoms. The van der Waals surface area contributed by atoms with Crippen LogP contribution in [0.5, 0.6) is 0 Å². The average molecular weight is 235 g/mol. The largest absolute Gasteiger partial charge is 0.352 e. The maximum Gasteiger partial charge on any atom is 0.265 e. The SMILES string of the molecule is C=C(C)C(=O)NCCC(C)CS(=O)(=O)O. The molecule has 0 aromatic rings. The molecule has 2 N–H and O–H groups in total. The predicted octanol–water partition coefficient (Wildman–Crippen LogP) is 0.593. The number of amides is 1. The van der Waals surface area contributed by atoms with Crippen LogP contribution in [0.3, 0.4) is 0 Å². The molecule has 0 saturated heterocycles. The van der Waals surface area contributed by atoms with E-state index in [0.717, 1.165) is 0 Å². The van der Waals surface area contributed by atoms with Gasteiger partial charge in [-0.1, -0.05) is 13.5 Å². The van der Waals surface area contributed by atoms with E-state index in [1.165, 1.54) is 0 Å². The lowest BCUT2D eigenvalue weighted by Crippen LogP contribution is -2.27. The highest BCUT2D eigenvalue weighted by Gasteiger charge is 2.12. The van der Waals surface area contributed by atoms with Crippen molar-refractivity contribution in [3.63, 3.8) is 0 Å². The summed E-state index contributed by atoms with van der Waals surface area (Å²) in [5.74, 6) is -0.713. The van der Waals surface area contributed by atoms with Gasteiger partial charge in [0.05, 0.1) is 5.75 Å². The number of hydrogen-bond donors (Lipinski definition) is 2. The molecule has 88 valence electrons. The quantitative estimate of drug-likeness (QED) is 0.521. The first-order chi connectivity index (χ1) is 6.72. The van der Waals surface area contributed by atoms with Gasteiger partial charge in [-0.05, 0) is 19.3 Å². The van der Waals surface area contributed by atoms with Crippen LogP contribution in [-0.2, 0) is 14.9 Å². The number of nitrogens with one attached hydrogen (secondary N) is 1. The summed E-state index contributed by atoms with van der Waals surface area (Å²) >= 11 is 0. The van der Waals surface area contributed by atoms with Crippen LogP contribution in [0.25, 0.3) is 0 Å². The third-order valence-electron chi connectivity index (χ3n) is 1.81. The van der Waals surface area contributed by atoms with Gasteiger partial charge in [0.25, 0.3) is 10.1 Å². The van der Waals surface area contributed by atoms with Gasteiger partial charge < -0.3 is 5.32 Å². The Hall–Kier alpha value is -0.880. The van der Waals surface area contributed by atoms with E-state index >= 15 is 0 Å². The van der Waals surface area contributed by atoms with E-state index in [-0.39, 0.29) is 17.6 Å². The Bertz CT molecular complexity index is 334. The molecule has 5 nitrogen and oxygen atoms in total. The molecule has 15 heavy (non-hydrogen) atoms. The fourth-order valence-corrected chi connectivity index (χ4v) is 1.91. The highest BCUT2D eigenvalue weighted by Crippen LogP contribution is 2.03. The average Bonchev–Trinajstić information content (AvgIpc) is 2.00. The highest BCUT2D eigenvalue weighted by atomic mass is 32.2. The van der Waals surface area contributed by atoms with Crippen molar-refractivity contribution in [1.29, 1.82) is 0 Å². The summed E-state index contributed by atoms with van der Waals surface area (Å²) in [6, 6.07) is 0. The standard InChI is InChI=1S/C9H17NO4S/c1-7(2)9(11)10-5-4-8(3)6-15(12,13)14/h8H,1,4-6H2,2-3H3,(H,10,11)(H,12,13,14). The van der Waals surface area contributed by atoms with Crippen LogP contribution in [0, 0.1) is 5.92 Å². The van der Waals surface area contributed by atoms with E-state index in [2.05, 4.69) is 11.9 Å². The zero-order valence-corrected chi connectivity index (χ0v) is 9.80. The molecule has 0 saturated carbocycles. The summed E-state index contributed by atoms with van der Waals surface area (Å²) in [7, 11) is -3.92. The Morgan fingerprint density at radius 3 is 2.47 bits per heavy atom. The summed E-state index contributed by atoms with van der Waals surface area (Å²) in [6.07, 6.45) is 0.499. The van der Waals surface area contributed by atoms with Gasteiger partial charge >= 0.3 is 0 Å². The van der Waals surface area contributed by atoms with Crippen LogP contribution < -0.4 is 5.32 Å². The lowest BCUT2D eigenvalue weighted by Gasteiger charge is -2.09. The maximum atomic E-state index is 11.0. The van der Waals surface area contributed by atoms with Crippen LogP contribution >= 0.6 is 0 Å². The van der Waals surface area contributed by atoms with E-state index in [4.69, 9.17) is 4.55 Å². The van der Waals surface area contributed by atoms with Crippen LogP contribution in [0.1, 0.15) is 20.3 Å². The molecule has 0 aliphatic rings. The molecule has 1 unspecified atom stereocenters. The second-order valence-electron chi connectivity index (χ2n) is 3.68. The van der Waals surface area contributed by atoms with Crippen molar-refractivity contribution in [3.8, 4) is 0 Å². The molecule has 0 heterocycles. The fraction of sp³-hybridized carbons (Fsp3) is 0.667. The van der Waals surface area contributed by atoms with E-state index in [1.807, 2.05) is 0 Å². The van der Waals surface area contributed by atoms with Crippen LogP contribution in [0.2, 0.25) is 0 Å². The van der Waals surface area contributed by atoms with Crippen molar-refractivity contribution in [1.82, 2.24) is 5.32 Å². The Balaban J connectivity index is 3.78. The highest BCUT2D eigenvalue weighted by molar-refractivity contribution is 7.85. The van der Waals surface area contributed by atoms with Gasteiger partial charge in [0.2, 0.25) is 5.91 Å². The van der Waals surface area contributed by atoms with E-state index in [1.54, 1.807) is 13.8 Å². The number of hydrogen-bond acceptors (Lipinski definition) is 3. The summed E-state index contributed by atoms with van der Waals surface area (Å²) in [5.41, 5.74) is 0.414. The Kier molecular flexibility index (Phi) is 5.53. The van der Waals surface area contributed by atoms with Crippen LogP contribution in [0.15, 0.2) is 12.2 Å². The van der Waals surface area contributed by atoms with Crippen molar-refractivity contribution in [3.05, 3.63) is 12.2 Å². The summed E-state index contributed by atoms with van der Waals surface area (Å²) < 4.78 is 29.6. The second kappa shape index (κ2) is 5.87. The molecule has 0 aliphatic carbocycles. The van der Waals surface area contributed by atoms with Crippen molar-refractivity contribution < 1.29 is 17.8 Å². The molecular weight excluding hydrogens is 218 g/mol. The van der Waals surface area contributed by atoms with Gasteiger partial charge in [-0.2, -0.15) is 8.42 Å². The van der Waals surface area contributed by atoms with Crippen molar-refractivity contribution in [2.45, 2.75) is 20.3 Å². The van der Waals surface area contributed by atoms with Gasteiger partial charge in [-0.15, -0.1) is 0 Å². The monoisotopic (exact) mass is 235 g/mol. The van der Waals surface area contributed by atoms with Gasteiger partial charge in [0, 0.05) is 12.1 Å². The smallest absolute Gasteiger partial charge is 0.265 e. The first-order valence-corrected chi connectivity index (χ1v) is 6.22. The van der Waals surface area contributed by atoms with E-state index in [9.17, 15) is 13.2 Å². The number of carbonyl (C=O) groups excluding carboxylic acids is 1. The van der Waals surface area contributed by atoms with Gasteiger partial charge in [-0.3, -0.25) is 9.35 Å². The molecule has 0 aromatic heterocycles. The van der Waals surface area contributed by atoms with E-state index in [0.29, 0.717) is 18.5 Å². The first-order valence-electron chi connectivity index (χ1n) is 4.61. The molecule has 0 aliphatic heterocycles. The lowest BCUT2D eigenvalue weighted by molar-refractivity contribution is -0.117. The van der Waals surface area contributed by atoms with Crippen molar-refractivity contribution in [2.24, 2.45) is 5.92 Å². The molecule has 1 amide bonds. The summed E-state index contributed by atoms with van der Waals surface area (Å²) in [5, 5.41) is 2.58. The third-order valence-corrected chi connectivity index (χ3v) is 2.80. The third kappa shape index (κ3) is 8.14. The Morgan fingerprint density at radius 1 is 1.53 bits per heavy atom. The minimum Gasteiger partial charge on any atom is -0.352 e. The normalized spacial score (nSPS) is 13.3. The Morgan fingerprint density at radius 2 is 2.07 bits per heavy atom. The maximum absolute atomic E-state index is 11.0. The molecule has 0 bridgehead atoms. The second-order valence-corrected chi connectivity index (χ2v) is 5.18. The van der Waals surface area contributed by atoms with Crippen molar-refractivity contribution in [2.75, 3.05) is 12.3 Å². The van der Waals surface area contributed by atoms with Gasteiger partial charge in [0.15, 0.2) is 0 Å². The minimum atomic E-state index is -3.92. The first kappa shape index (κ1) is 14.1. The van der Waals surface area contributed by atoms with Gasteiger partial charge in [-0.25, -0.2) is 0 Å². The molecular formula is C9H17NO4S. The zero-order chi connectivity index (χ0) is 12.1. The topological polar surface area (TPSA) is 83.5 Å². The minimum absolute atomic E-state index is 0.189. The summed E-state index contributed by atoms with van der Waals surface area (Å²) in [6.45, 7) is 7.13. The molecule has 0 spiro atoms. The predicted molar refractivity (Wildman–Crippen MR) is 58.0 cm³/mol. The molecule has 0 fully saturated rings.